The maximum atomic E-state index is 2.34. The van der Waals surface area contributed by atoms with Crippen molar-refractivity contribution >= 4 is 59.3 Å². The van der Waals surface area contributed by atoms with Crippen molar-refractivity contribution in [3.05, 3.63) is 237 Å². The van der Waals surface area contributed by atoms with Crippen LogP contribution in [0.15, 0.2) is 237 Å². The van der Waals surface area contributed by atoms with Crippen LogP contribution >= 0.6 is 11.3 Å². The van der Waals surface area contributed by atoms with Crippen molar-refractivity contribution in [2.75, 3.05) is 4.90 Å². The van der Waals surface area contributed by atoms with Gasteiger partial charge in [-0.15, -0.1) is 11.3 Å². The molecule has 0 atom stereocenters. The van der Waals surface area contributed by atoms with Gasteiger partial charge in [0.25, 0.3) is 0 Å². The molecule has 0 saturated carbocycles. The lowest BCUT2D eigenvalue weighted by molar-refractivity contribution is 1.28. The molecule has 0 unspecified atom stereocenters. The quantitative estimate of drug-likeness (QED) is 0.148. The maximum absolute atomic E-state index is 2.34. The normalized spacial score (nSPS) is 11.3. The summed E-state index contributed by atoms with van der Waals surface area (Å²) in [7, 11) is 0. The van der Waals surface area contributed by atoms with E-state index < -0.39 is 0 Å². The van der Waals surface area contributed by atoms with Crippen LogP contribution in [0, 0.1) is 0 Å². The molecule has 0 aliphatic carbocycles. The molecule has 0 N–H and O–H groups in total. The van der Waals surface area contributed by atoms with Gasteiger partial charge < -0.3 is 4.90 Å². The highest BCUT2D eigenvalue weighted by molar-refractivity contribution is 7.26. The molecule has 1 aromatic heterocycles. The predicted octanol–water partition coefficient (Wildman–Crippen LogP) is 17.0. The monoisotopic (exact) mass is 781 g/mol. The highest BCUT2D eigenvalue weighted by Crippen LogP contribution is 2.50. The summed E-state index contributed by atoms with van der Waals surface area (Å²) < 4.78 is 2.66. The van der Waals surface area contributed by atoms with E-state index in [2.05, 4.69) is 241 Å². The molecule has 11 rings (SSSR count). The molecule has 2 heteroatoms. The summed E-state index contributed by atoms with van der Waals surface area (Å²) in [6, 6.07) is 85.8. The van der Waals surface area contributed by atoms with E-state index >= 15 is 0 Å². The van der Waals surface area contributed by atoms with Gasteiger partial charge in [-0.25, -0.2) is 0 Å². The molecule has 0 aliphatic rings. The third-order valence-electron chi connectivity index (χ3n) is 11.7. The molecule has 0 bridgehead atoms. The van der Waals surface area contributed by atoms with Crippen molar-refractivity contribution in [1.29, 1.82) is 0 Å². The molecule has 0 amide bonds. The number of rotatable bonds is 8. The molecule has 60 heavy (non-hydrogen) atoms. The topological polar surface area (TPSA) is 3.24 Å². The fourth-order valence-electron chi connectivity index (χ4n) is 8.78. The minimum atomic E-state index is 1.10. The first kappa shape index (κ1) is 35.6. The first-order chi connectivity index (χ1) is 29.8. The van der Waals surface area contributed by atoms with Crippen molar-refractivity contribution in [2.45, 2.75) is 0 Å². The maximum Gasteiger partial charge on any atom is 0.0462 e. The zero-order valence-corrected chi connectivity index (χ0v) is 33.7. The molecule has 11 aromatic rings. The Kier molecular flexibility index (Phi) is 9.11. The zero-order valence-electron chi connectivity index (χ0n) is 32.9. The van der Waals surface area contributed by atoms with Crippen LogP contribution in [0.1, 0.15) is 0 Å². The Labute approximate surface area is 354 Å². The fraction of sp³-hybridized carbons (Fsp3) is 0. The van der Waals surface area contributed by atoms with Crippen LogP contribution in [0.3, 0.4) is 0 Å². The SMILES string of the molecule is c1ccc(-c2ccc(N(c3ccc(-c4ccccc4)cc3)c3ccc(-c4ccc(-c5c(-c6ccccc6)c6sc7ccccc7c6c6ccccc56)cc4)cc3)cc2)cc1. The van der Waals surface area contributed by atoms with Crippen molar-refractivity contribution < 1.29 is 0 Å². The van der Waals surface area contributed by atoms with Gasteiger partial charge in [-0.3, -0.25) is 0 Å². The standard InChI is InChI=1S/C58H39NS/c1-4-14-40(15-5-1)43-28-34-48(35-29-43)59(49-36-30-44(31-37-49)41-16-6-2-7-17-41)50-38-32-45(33-39-50)42-24-26-47(27-25-42)55-51-20-10-11-21-52(51)57-53-22-12-13-23-54(53)60-58(57)56(55)46-18-8-3-9-19-46/h1-39H. The Morgan fingerprint density at radius 3 is 1.07 bits per heavy atom. The second kappa shape index (κ2) is 15.3. The summed E-state index contributed by atoms with van der Waals surface area (Å²) >= 11 is 1.90. The van der Waals surface area contributed by atoms with Gasteiger partial charge in [-0.1, -0.05) is 194 Å². The lowest BCUT2D eigenvalue weighted by Gasteiger charge is -2.26. The second-order valence-electron chi connectivity index (χ2n) is 15.2. The summed E-state index contributed by atoms with van der Waals surface area (Å²) in [4.78, 5) is 2.34. The predicted molar refractivity (Wildman–Crippen MR) is 259 cm³/mol. The van der Waals surface area contributed by atoms with E-state index in [0.29, 0.717) is 0 Å². The number of benzene rings is 10. The first-order valence-electron chi connectivity index (χ1n) is 20.5. The summed E-state index contributed by atoms with van der Waals surface area (Å²) in [6.45, 7) is 0. The Hall–Kier alpha value is -7.52. The van der Waals surface area contributed by atoms with Crippen LogP contribution in [0.25, 0.3) is 86.6 Å². The average Bonchev–Trinajstić information content (AvgIpc) is 3.73. The van der Waals surface area contributed by atoms with Crippen LogP contribution in [-0.2, 0) is 0 Å². The molecule has 1 heterocycles. The average molecular weight is 782 g/mol. The van der Waals surface area contributed by atoms with E-state index in [-0.39, 0.29) is 0 Å². The van der Waals surface area contributed by atoms with Crippen molar-refractivity contribution in [3.8, 4) is 55.6 Å². The van der Waals surface area contributed by atoms with Crippen LogP contribution < -0.4 is 4.90 Å². The van der Waals surface area contributed by atoms with Crippen molar-refractivity contribution in [2.24, 2.45) is 0 Å². The molecule has 0 spiro atoms. The van der Waals surface area contributed by atoms with Crippen LogP contribution in [-0.4, -0.2) is 0 Å². The third kappa shape index (κ3) is 6.44. The van der Waals surface area contributed by atoms with E-state index in [4.69, 9.17) is 0 Å². The van der Waals surface area contributed by atoms with E-state index in [1.165, 1.54) is 86.6 Å². The molecule has 10 aromatic carbocycles. The van der Waals surface area contributed by atoms with Crippen molar-refractivity contribution in [3.63, 3.8) is 0 Å². The molecule has 0 fully saturated rings. The molecule has 0 aliphatic heterocycles. The van der Waals surface area contributed by atoms with Crippen LogP contribution in [0.5, 0.6) is 0 Å². The van der Waals surface area contributed by atoms with E-state index in [9.17, 15) is 0 Å². The first-order valence-corrected chi connectivity index (χ1v) is 21.3. The minimum Gasteiger partial charge on any atom is -0.311 e. The van der Waals surface area contributed by atoms with E-state index in [1.54, 1.807) is 0 Å². The number of fused-ring (bicyclic) bond motifs is 5. The van der Waals surface area contributed by atoms with Gasteiger partial charge >= 0.3 is 0 Å². The number of anilines is 3. The van der Waals surface area contributed by atoms with Gasteiger partial charge in [0, 0.05) is 42.8 Å². The minimum absolute atomic E-state index is 1.10. The lowest BCUT2D eigenvalue weighted by atomic mass is 9.87. The summed E-state index contributed by atoms with van der Waals surface area (Å²) in [5.41, 5.74) is 15.5. The van der Waals surface area contributed by atoms with Crippen molar-refractivity contribution in [1.82, 2.24) is 0 Å². The molecular weight excluding hydrogens is 743 g/mol. The Bertz CT molecular complexity index is 3160. The number of nitrogens with zero attached hydrogens (tertiary/aromatic N) is 1. The van der Waals surface area contributed by atoms with Crippen LogP contribution in [0.2, 0.25) is 0 Å². The number of hydrogen-bond donors (Lipinski definition) is 0. The Balaban J connectivity index is 0.976. The highest BCUT2D eigenvalue weighted by Gasteiger charge is 2.21. The molecular formula is C58H39NS. The van der Waals surface area contributed by atoms with Gasteiger partial charge in [0.1, 0.15) is 0 Å². The highest BCUT2D eigenvalue weighted by atomic mass is 32.1. The van der Waals surface area contributed by atoms with Gasteiger partial charge in [-0.05, 0) is 103 Å². The van der Waals surface area contributed by atoms with Gasteiger partial charge in [-0.2, -0.15) is 0 Å². The van der Waals surface area contributed by atoms with Gasteiger partial charge in [0.15, 0.2) is 0 Å². The number of hydrogen-bond acceptors (Lipinski definition) is 2. The molecule has 1 nitrogen and oxygen atoms in total. The Morgan fingerprint density at radius 2 is 0.583 bits per heavy atom. The van der Waals surface area contributed by atoms with Gasteiger partial charge in [0.2, 0.25) is 0 Å². The van der Waals surface area contributed by atoms with Gasteiger partial charge in [0.05, 0.1) is 0 Å². The second-order valence-corrected chi connectivity index (χ2v) is 16.3. The molecule has 282 valence electrons. The smallest absolute Gasteiger partial charge is 0.0462 e. The summed E-state index contributed by atoms with van der Waals surface area (Å²) in [6.07, 6.45) is 0. The van der Waals surface area contributed by atoms with E-state index in [1.807, 2.05) is 11.3 Å². The molecule has 0 radical (unpaired) electrons. The third-order valence-corrected chi connectivity index (χ3v) is 12.9. The lowest BCUT2D eigenvalue weighted by Crippen LogP contribution is -2.09. The largest absolute Gasteiger partial charge is 0.311 e. The van der Waals surface area contributed by atoms with Crippen LogP contribution in [0.4, 0.5) is 17.1 Å². The Morgan fingerprint density at radius 1 is 0.250 bits per heavy atom. The van der Waals surface area contributed by atoms with E-state index in [0.717, 1.165) is 17.1 Å². The molecule has 0 saturated heterocycles. The number of thiophene rings is 1. The summed E-state index contributed by atoms with van der Waals surface area (Å²) in [5.74, 6) is 0. The fourth-order valence-corrected chi connectivity index (χ4v) is 10.1. The zero-order chi connectivity index (χ0) is 39.8. The summed E-state index contributed by atoms with van der Waals surface area (Å²) in [5, 5.41) is 5.24.